The highest BCUT2D eigenvalue weighted by atomic mass is 16.5. The summed E-state index contributed by atoms with van der Waals surface area (Å²) < 4.78 is 10.4. The summed E-state index contributed by atoms with van der Waals surface area (Å²) in [6.07, 6.45) is 2.02. The lowest BCUT2D eigenvalue weighted by molar-refractivity contribution is -0.135. The van der Waals surface area contributed by atoms with E-state index in [0.717, 1.165) is 17.5 Å². The Kier molecular flexibility index (Phi) is 3.71. The van der Waals surface area contributed by atoms with Gasteiger partial charge in [0.1, 0.15) is 0 Å². The maximum atomic E-state index is 12.6. The summed E-state index contributed by atoms with van der Waals surface area (Å²) in [5.74, 6) is -0.223. The third kappa shape index (κ3) is 2.39. The molecule has 0 unspecified atom stereocenters. The van der Waals surface area contributed by atoms with Crippen LogP contribution in [0.2, 0.25) is 0 Å². The van der Waals surface area contributed by atoms with E-state index in [1.165, 1.54) is 13.2 Å². The van der Waals surface area contributed by atoms with E-state index in [0.29, 0.717) is 30.2 Å². The van der Waals surface area contributed by atoms with Crippen LogP contribution in [0.4, 0.5) is 0 Å². The Balaban J connectivity index is 2.14. The first-order chi connectivity index (χ1) is 10.6. The quantitative estimate of drug-likeness (QED) is 0.619. The average Bonchev–Trinajstić information content (AvgIpc) is 2.81. The molecule has 2 aliphatic rings. The van der Waals surface area contributed by atoms with Crippen molar-refractivity contribution >= 4 is 17.4 Å². The van der Waals surface area contributed by atoms with Crippen molar-refractivity contribution in [3.05, 3.63) is 52.9 Å². The summed E-state index contributed by atoms with van der Waals surface area (Å²) in [6.45, 7) is 3.16. The predicted octanol–water partition coefficient (Wildman–Crippen LogP) is 2.03. The summed E-state index contributed by atoms with van der Waals surface area (Å²) in [5.41, 5.74) is 2.97. The van der Waals surface area contributed by atoms with Gasteiger partial charge in [0.2, 0.25) is 5.88 Å². The minimum absolute atomic E-state index is 0.212. The van der Waals surface area contributed by atoms with Crippen LogP contribution in [0.5, 0.6) is 0 Å². The number of methoxy groups -OCH3 is 1. The molecule has 0 atom stereocenters. The van der Waals surface area contributed by atoms with Crippen molar-refractivity contribution in [2.45, 2.75) is 13.3 Å². The molecule has 1 aromatic carbocycles. The molecule has 1 aromatic rings. The molecule has 1 fully saturated rings. The molecular weight excluding hydrogens is 282 g/mol. The molecule has 0 N–H and O–H groups in total. The van der Waals surface area contributed by atoms with Gasteiger partial charge >= 0.3 is 5.97 Å². The Labute approximate surface area is 128 Å². The molecule has 0 bridgehead atoms. The minimum atomic E-state index is -0.548. The maximum absolute atomic E-state index is 12.6. The Morgan fingerprint density at radius 2 is 2.05 bits per heavy atom. The number of carbonyl (C=O) groups excluding carboxylic acids is 2. The van der Waals surface area contributed by atoms with Crippen molar-refractivity contribution in [3.63, 3.8) is 0 Å². The summed E-state index contributed by atoms with van der Waals surface area (Å²) in [4.78, 5) is 25.8. The number of rotatable bonds is 2. The van der Waals surface area contributed by atoms with Crippen LogP contribution in [0.25, 0.3) is 5.57 Å². The molecule has 5 heteroatoms. The van der Waals surface area contributed by atoms with E-state index in [1.54, 1.807) is 4.90 Å². The first-order valence-electron chi connectivity index (χ1n) is 7.18. The number of ether oxygens (including phenoxy) is 2. The molecule has 0 saturated carbocycles. The van der Waals surface area contributed by atoms with Gasteiger partial charge in [-0.3, -0.25) is 9.69 Å². The van der Waals surface area contributed by atoms with Crippen molar-refractivity contribution in [2.24, 2.45) is 0 Å². The molecule has 5 nitrogen and oxygen atoms in total. The number of hydrogen-bond acceptors (Lipinski definition) is 4. The molecule has 1 amide bonds. The Morgan fingerprint density at radius 1 is 1.32 bits per heavy atom. The van der Waals surface area contributed by atoms with Crippen LogP contribution in [0.3, 0.4) is 0 Å². The molecular formula is C17H17NO4. The van der Waals surface area contributed by atoms with E-state index in [4.69, 9.17) is 4.74 Å². The molecule has 2 heterocycles. The van der Waals surface area contributed by atoms with Crippen molar-refractivity contribution in [1.82, 2.24) is 4.90 Å². The monoisotopic (exact) mass is 299 g/mol. The maximum Gasteiger partial charge on any atom is 0.331 e. The second kappa shape index (κ2) is 5.67. The van der Waals surface area contributed by atoms with E-state index < -0.39 is 5.97 Å². The lowest BCUT2D eigenvalue weighted by Crippen LogP contribution is -2.32. The number of benzene rings is 1. The van der Waals surface area contributed by atoms with E-state index in [-0.39, 0.29) is 5.91 Å². The molecule has 1 saturated heterocycles. The Hall–Kier alpha value is -2.56. The molecule has 0 radical (unpaired) electrons. The van der Waals surface area contributed by atoms with Crippen LogP contribution in [0, 0.1) is 6.92 Å². The lowest BCUT2D eigenvalue weighted by Gasteiger charge is -2.25. The van der Waals surface area contributed by atoms with E-state index in [1.807, 2.05) is 31.2 Å². The SMILES string of the molecule is COC(=O)/C=C1/C(=O)N2CCCOC2=C1c1ccc(C)cc1. The number of carbonyl (C=O) groups is 2. The summed E-state index contributed by atoms with van der Waals surface area (Å²) >= 11 is 0. The van der Waals surface area contributed by atoms with Crippen molar-refractivity contribution in [3.8, 4) is 0 Å². The third-order valence-electron chi connectivity index (χ3n) is 3.77. The van der Waals surface area contributed by atoms with Gasteiger partial charge in [-0.15, -0.1) is 0 Å². The van der Waals surface area contributed by atoms with Crippen LogP contribution < -0.4 is 0 Å². The van der Waals surface area contributed by atoms with Crippen LogP contribution in [0.15, 0.2) is 41.8 Å². The molecule has 0 aliphatic carbocycles. The van der Waals surface area contributed by atoms with Gasteiger partial charge in [0, 0.05) is 12.6 Å². The summed E-state index contributed by atoms with van der Waals surface area (Å²) in [5, 5.41) is 0. The van der Waals surface area contributed by atoms with Gasteiger partial charge in [-0.05, 0) is 18.9 Å². The fourth-order valence-electron chi connectivity index (χ4n) is 2.65. The molecule has 3 rings (SSSR count). The topological polar surface area (TPSA) is 55.8 Å². The summed E-state index contributed by atoms with van der Waals surface area (Å²) in [6, 6.07) is 7.79. The highest BCUT2D eigenvalue weighted by Gasteiger charge is 2.39. The summed E-state index contributed by atoms with van der Waals surface area (Å²) in [7, 11) is 1.29. The lowest BCUT2D eigenvalue weighted by atomic mass is 9.98. The van der Waals surface area contributed by atoms with Crippen molar-refractivity contribution in [2.75, 3.05) is 20.3 Å². The van der Waals surface area contributed by atoms with E-state index in [2.05, 4.69) is 4.74 Å². The van der Waals surface area contributed by atoms with Gasteiger partial charge in [0.25, 0.3) is 5.91 Å². The average molecular weight is 299 g/mol. The smallest absolute Gasteiger partial charge is 0.331 e. The fraction of sp³-hybridized carbons (Fsp3) is 0.294. The van der Waals surface area contributed by atoms with Gasteiger partial charge in [-0.2, -0.15) is 0 Å². The van der Waals surface area contributed by atoms with Gasteiger partial charge < -0.3 is 9.47 Å². The van der Waals surface area contributed by atoms with Crippen molar-refractivity contribution in [1.29, 1.82) is 0 Å². The third-order valence-corrected chi connectivity index (χ3v) is 3.77. The molecule has 114 valence electrons. The number of hydrogen-bond donors (Lipinski definition) is 0. The zero-order valence-corrected chi connectivity index (χ0v) is 12.6. The van der Waals surface area contributed by atoms with Crippen LogP contribution in [0.1, 0.15) is 17.5 Å². The minimum Gasteiger partial charge on any atom is -0.478 e. The Morgan fingerprint density at radius 3 is 2.73 bits per heavy atom. The highest BCUT2D eigenvalue weighted by Crippen LogP contribution is 2.38. The number of amides is 1. The second-order valence-corrected chi connectivity index (χ2v) is 5.29. The molecule has 0 aromatic heterocycles. The Bertz CT molecular complexity index is 685. The number of aryl methyl sites for hydroxylation is 1. The predicted molar refractivity (Wildman–Crippen MR) is 80.5 cm³/mol. The fourth-order valence-corrected chi connectivity index (χ4v) is 2.65. The highest BCUT2D eigenvalue weighted by molar-refractivity contribution is 6.17. The van der Waals surface area contributed by atoms with Crippen LogP contribution >= 0.6 is 0 Å². The first kappa shape index (κ1) is 14.4. The molecule has 22 heavy (non-hydrogen) atoms. The van der Waals surface area contributed by atoms with Crippen LogP contribution in [-0.4, -0.2) is 37.0 Å². The molecule has 2 aliphatic heterocycles. The second-order valence-electron chi connectivity index (χ2n) is 5.29. The van der Waals surface area contributed by atoms with E-state index >= 15 is 0 Å². The number of esters is 1. The standard InChI is InChI=1S/C17H17NO4/c1-11-4-6-12(7-5-11)15-13(10-14(19)21-2)16(20)18-8-3-9-22-17(15)18/h4-7,10H,3,8-9H2,1-2H3/b13-10+. The van der Waals surface area contributed by atoms with Crippen LogP contribution in [-0.2, 0) is 19.1 Å². The van der Waals surface area contributed by atoms with Gasteiger partial charge in [0.15, 0.2) is 0 Å². The largest absolute Gasteiger partial charge is 0.478 e. The zero-order valence-electron chi connectivity index (χ0n) is 12.6. The molecule has 0 spiro atoms. The van der Waals surface area contributed by atoms with Crippen molar-refractivity contribution < 1.29 is 19.1 Å². The van der Waals surface area contributed by atoms with Gasteiger partial charge in [-0.25, -0.2) is 4.79 Å². The number of nitrogens with zero attached hydrogens (tertiary/aromatic N) is 1. The zero-order chi connectivity index (χ0) is 15.7. The van der Waals surface area contributed by atoms with Gasteiger partial charge in [0.05, 0.1) is 24.9 Å². The normalized spacial score (nSPS) is 19.3. The first-order valence-corrected chi connectivity index (χ1v) is 7.18. The van der Waals surface area contributed by atoms with Gasteiger partial charge in [-0.1, -0.05) is 29.8 Å². The number of fused-ring (bicyclic) bond motifs is 1. The van der Waals surface area contributed by atoms with E-state index in [9.17, 15) is 9.59 Å².